The summed E-state index contributed by atoms with van der Waals surface area (Å²) in [6, 6.07) is 11.6. The van der Waals surface area contributed by atoms with E-state index in [1.54, 1.807) is 35.2 Å². The lowest BCUT2D eigenvalue weighted by molar-refractivity contribution is -0.134. The number of rotatable bonds is 14. The number of amides is 4. The van der Waals surface area contributed by atoms with E-state index in [2.05, 4.69) is 20.7 Å². The minimum Gasteiger partial charge on any atom is -0.384 e. The SMILES string of the molecule is N=C(N)c1cccc(C[C@H](NS(=O)(=O)c2cccc(NC(=O)CCN)c2)C(=O)N2CCC(CCNC(=O)NC3CCCCC3)CC2)c1. The molecule has 14 heteroatoms. The van der Waals surface area contributed by atoms with Crippen molar-refractivity contribution in [1.29, 1.82) is 5.41 Å². The molecule has 9 N–H and O–H groups in total. The largest absolute Gasteiger partial charge is 0.384 e. The fourth-order valence-corrected chi connectivity index (χ4v) is 7.40. The predicted octanol–water partition coefficient (Wildman–Crippen LogP) is 2.41. The van der Waals surface area contributed by atoms with Crippen LogP contribution in [0.5, 0.6) is 0 Å². The van der Waals surface area contributed by atoms with Crippen LogP contribution >= 0.6 is 0 Å². The lowest BCUT2D eigenvalue weighted by atomic mass is 9.93. The van der Waals surface area contributed by atoms with Crippen molar-refractivity contribution < 1.29 is 22.8 Å². The summed E-state index contributed by atoms with van der Waals surface area (Å²) in [5.74, 6) is -0.492. The normalized spacial score (nSPS) is 16.7. The number of carbonyl (C=O) groups is 3. The van der Waals surface area contributed by atoms with Gasteiger partial charge in [0.1, 0.15) is 11.9 Å². The molecule has 1 atom stereocenters. The van der Waals surface area contributed by atoms with Crippen molar-refractivity contribution in [2.75, 3.05) is 31.5 Å². The Kier molecular flexibility index (Phi) is 13.1. The lowest BCUT2D eigenvalue weighted by Gasteiger charge is -2.34. The Hall–Kier alpha value is -4.01. The highest BCUT2D eigenvalue weighted by molar-refractivity contribution is 7.89. The average Bonchev–Trinajstić information content (AvgIpc) is 3.05. The van der Waals surface area contributed by atoms with Crippen molar-refractivity contribution in [2.45, 2.75) is 81.2 Å². The highest BCUT2D eigenvalue weighted by atomic mass is 32.2. The number of nitrogens with two attached hydrogens (primary N) is 2. The number of piperidine rings is 1. The van der Waals surface area contributed by atoms with E-state index in [0.717, 1.165) is 44.9 Å². The van der Waals surface area contributed by atoms with Gasteiger partial charge in [-0.25, -0.2) is 13.2 Å². The van der Waals surface area contributed by atoms with Crippen molar-refractivity contribution in [3.05, 3.63) is 59.7 Å². The maximum Gasteiger partial charge on any atom is 0.315 e. The van der Waals surface area contributed by atoms with E-state index in [4.69, 9.17) is 16.9 Å². The molecule has 47 heavy (non-hydrogen) atoms. The molecule has 4 amide bonds. The smallest absolute Gasteiger partial charge is 0.315 e. The van der Waals surface area contributed by atoms with Crippen LogP contribution in [0, 0.1) is 11.3 Å². The highest BCUT2D eigenvalue weighted by Gasteiger charge is 2.32. The van der Waals surface area contributed by atoms with Crippen molar-refractivity contribution >= 4 is 39.4 Å². The maximum atomic E-state index is 13.9. The number of benzene rings is 2. The number of nitrogens with zero attached hydrogens (tertiary/aromatic N) is 1. The molecule has 13 nitrogen and oxygen atoms in total. The molecule has 1 heterocycles. The first kappa shape index (κ1) is 35.8. The Morgan fingerprint density at radius 1 is 0.979 bits per heavy atom. The minimum atomic E-state index is -4.19. The number of carbonyl (C=O) groups excluding carboxylic acids is 3. The zero-order valence-electron chi connectivity index (χ0n) is 26.8. The van der Waals surface area contributed by atoms with Gasteiger partial charge < -0.3 is 32.3 Å². The van der Waals surface area contributed by atoms with Crippen molar-refractivity contribution in [3.63, 3.8) is 0 Å². The van der Waals surface area contributed by atoms with E-state index < -0.39 is 16.1 Å². The summed E-state index contributed by atoms with van der Waals surface area (Å²) in [7, 11) is -4.19. The standard InChI is InChI=1S/C33H48N8O5S/c34-16-12-30(42)38-27-10-5-11-28(22-27)47(45,46)40-29(21-24-6-4-7-25(20-24)31(35)36)32(43)41-18-14-23(15-19-41)13-17-37-33(44)39-26-8-2-1-3-9-26/h4-7,10-11,20,22-23,26,29,40H,1-3,8-9,12-19,21,34H2,(H3,35,36)(H,38,42)(H2,37,39,44)/t29-/m0/s1. The molecule has 2 aromatic rings. The molecule has 1 saturated heterocycles. The number of hydrogen-bond donors (Lipinski definition) is 7. The highest BCUT2D eigenvalue weighted by Crippen LogP contribution is 2.23. The van der Waals surface area contributed by atoms with E-state index in [0.29, 0.717) is 42.4 Å². The summed E-state index contributed by atoms with van der Waals surface area (Å²) in [5.41, 5.74) is 12.5. The molecule has 256 valence electrons. The number of likely N-dealkylation sites (tertiary alicyclic amines) is 1. The van der Waals surface area contributed by atoms with Crippen molar-refractivity contribution in [1.82, 2.24) is 20.3 Å². The summed E-state index contributed by atoms with van der Waals surface area (Å²) < 4.78 is 29.8. The molecule has 4 rings (SSSR count). The molecule has 0 spiro atoms. The molecule has 0 aromatic heterocycles. The van der Waals surface area contributed by atoms with E-state index >= 15 is 0 Å². The third kappa shape index (κ3) is 11.0. The monoisotopic (exact) mass is 668 g/mol. The van der Waals surface area contributed by atoms with Crippen molar-refractivity contribution in [3.8, 4) is 0 Å². The van der Waals surface area contributed by atoms with Crippen LogP contribution in [0.25, 0.3) is 0 Å². The fraction of sp³-hybridized carbons (Fsp3) is 0.515. The first-order valence-corrected chi connectivity index (χ1v) is 17.9. The summed E-state index contributed by atoms with van der Waals surface area (Å²) in [6.07, 6.45) is 7.99. The van der Waals surface area contributed by atoms with Crippen LogP contribution in [0.4, 0.5) is 10.5 Å². The van der Waals surface area contributed by atoms with Gasteiger partial charge in [-0.3, -0.25) is 15.0 Å². The van der Waals surface area contributed by atoms with Gasteiger partial charge in [0.05, 0.1) is 4.90 Å². The zero-order valence-corrected chi connectivity index (χ0v) is 27.6. The fourth-order valence-electron chi connectivity index (χ4n) is 6.17. The Labute approximate surface area is 277 Å². The second-order valence-corrected chi connectivity index (χ2v) is 14.1. The van der Waals surface area contributed by atoms with Gasteiger partial charge in [0.25, 0.3) is 0 Å². The molecule has 1 saturated carbocycles. The van der Waals surface area contributed by atoms with Crippen LogP contribution in [0.3, 0.4) is 0 Å². The van der Waals surface area contributed by atoms with Gasteiger partial charge >= 0.3 is 6.03 Å². The Morgan fingerprint density at radius 2 is 1.70 bits per heavy atom. The second kappa shape index (κ2) is 17.2. The molecule has 2 aromatic carbocycles. The van der Waals surface area contributed by atoms with Gasteiger partial charge in [0.15, 0.2) is 0 Å². The molecule has 2 aliphatic rings. The number of sulfonamides is 1. The third-order valence-electron chi connectivity index (χ3n) is 8.78. The second-order valence-electron chi connectivity index (χ2n) is 12.4. The quantitative estimate of drug-likeness (QED) is 0.118. The van der Waals surface area contributed by atoms with E-state index in [1.165, 1.54) is 24.6 Å². The topological polar surface area (TPSA) is 213 Å². The van der Waals surface area contributed by atoms with Crippen LogP contribution in [0.1, 0.15) is 68.9 Å². The lowest BCUT2D eigenvalue weighted by Crippen LogP contribution is -2.51. The molecular formula is C33H48N8O5S. The summed E-state index contributed by atoms with van der Waals surface area (Å²) in [6.45, 7) is 1.64. The molecular weight excluding hydrogens is 620 g/mol. The number of nitrogens with one attached hydrogen (secondary N) is 5. The van der Waals surface area contributed by atoms with Crippen molar-refractivity contribution in [2.24, 2.45) is 17.4 Å². The van der Waals surface area contributed by atoms with E-state index in [-0.39, 0.29) is 54.0 Å². The number of anilines is 1. The number of nitrogen functional groups attached to an aromatic ring is 1. The summed E-state index contributed by atoms with van der Waals surface area (Å²) in [5, 5.41) is 16.5. The molecule has 0 radical (unpaired) electrons. The van der Waals surface area contributed by atoms with Gasteiger partial charge in [0, 0.05) is 49.9 Å². The van der Waals surface area contributed by atoms with Gasteiger partial charge in [-0.1, -0.05) is 43.5 Å². The Bertz CT molecular complexity index is 1500. The number of hydrogen-bond acceptors (Lipinski definition) is 7. The summed E-state index contributed by atoms with van der Waals surface area (Å²) >= 11 is 0. The Morgan fingerprint density at radius 3 is 2.40 bits per heavy atom. The van der Waals surface area contributed by atoms with Gasteiger partial charge in [-0.2, -0.15) is 4.72 Å². The van der Waals surface area contributed by atoms with Crippen LogP contribution in [0.2, 0.25) is 0 Å². The first-order valence-electron chi connectivity index (χ1n) is 16.4. The zero-order chi connectivity index (χ0) is 33.8. The van der Waals surface area contributed by atoms with Gasteiger partial charge in [-0.05, 0) is 74.3 Å². The molecule has 2 fully saturated rings. The van der Waals surface area contributed by atoms with Gasteiger partial charge in [-0.15, -0.1) is 0 Å². The third-order valence-corrected chi connectivity index (χ3v) is 10.2. The number of amidine groups is 1. The summed E-state index contributed by atoms with van der Waals surface area (Å²) in [4.78, 5) is 39.8. The predicted molar refractivity (Wildman–Crippen MR) is 181 cm³/mol. The van der Waals surface area contributed by atoms with E-state index in [1.807, 2.05) is 0 Å². The minimum absolute atomic E-state index is 0.0477. The maximum absolute atomic E-state index is 13.9. The van der Waals surface area contributed by atoms with Crippen LogP contribution in [0.15, 0.2) is 53.4 Å². The molecule has 0 unspecified atom stereocenters. The first-order chi connectivity index (χ1) is 22.5. The van der Waals surface area contributed by atoms with Gasteiger partial charge in [0.2, 0.25) is 21.8 Å². The molecule has 1 aliphatic heterocycles. The molecule has 0 bridgehead atoms. The van der Waals surface area contributed by atoms with Crippen LogP contribution in [-0.2, 0) is 26.0 Å². The Balaban J connectivity index is 1.39. The van der Waals surface area contributed by atoms with Crippen LogP contribution in [-0.4, -0.2) is 75.3 Å². The molecule has 1 aliphatic carbocycles. The average molecular weight is 669 g/mol. The van der Waals surface area contributed by atoms with E-state index in [9.17, 15) is 22.8 Å². The van der Waals surface area contributed by atoms with Crippen LogP contribution < -0.4 is 32.1 Å². The number of urea groups is 1.